The molecular weight excluding hydrogens is 218 g/mol. The first-order valence-electron chi connectivity index (χ1n) is 5.66. The Kier molecular flexibility index (Phi) is 2.33. The number of carbonyl (C=O) groups excluding carboxylic acids is 1. The summed E-state index contributed by atoms with van der Waals surface area (Å²) in [5.74, 6) is 1.09. The van der Waals surface area contributed by atoms with E-state index in [0.717, 1.165) is 29.8 Å². The molecule has 1 aromatic heterocycles. The average Bonchev–Trinajstić information content (AvgIpc) is 3.09. The topological polar surface area (TPSA) is 81.2 Å². The molecule has 0 aliphatic heterocycles. The summed E-state index contributed by atoms with van der Waals surface area (Å²) in [6, 6.07) is 5.41. The van der Waals surface area contributed by atoms with Gasteiger partial charge in [-0.3, -0.25) is 4.79 Å². The summed E-state index contributed by atoms with van der Waals surface area (Å²) in [6.07, 6.45) is 2.31. The summed E-state index contributed by atoms with van der Waals surface area (Å²) in [6.45, 7) is -0.0236. The van der Waals surface area contributed by atoms with E-state index in [-0.39, 0.29) is 12.5 Å². The first-order chi connectivity index (χ1) is 8.26. The van der Waals surface area contributed by atoms with Gasteiger partial charge in [0.15, 0.2) is 11.5 Å². The first-order valence-corrected chi connectivity index (χ1v) is 5.66. The number of oxazole rings is 1. The first kappa shape index (κ1) is 10.3. The fourth-order valence-corrected chi connectivity index (χ4v) is 1.74. The SMILES string of the molecule is NCC(=O)Nc1ccc2oc(C3CC3)nc2c1. The summed E-state index contributed by atoms with van der Waals surface area (Å²) in [7, 11) is 0. The van der Waals surface area contributed by atoms with Crippen molar-refractivity contribution in [3.8, 4) is 0 Å². The van der Waals surface area contributed by atoms with E-state index in [2.05, 4.69) is 10.3 Å². The van der Waals surface area contributed by atoms with Crippen molar-refractivity contribution >= 4 is 22.7 Å². The fourth-order valence-electron chi connectivity index (χ4n) is 1.74. The second-order valence-corrected chi connectivity index (χ2v) is 4.26. The van der Waals surface area contributed by atoms with Crippen LogP contribution in [0.5, 0.6) is 0 Å². The lowest BCUT2D eigenvalue weighted by atomic mass is 10.3. The number of nitrogens with two attached hydrogens (primary N) is 1. The monoisotopic (exact) mass is 231 g/mol. The van der Waals surface area contributed by atoms with Crippen LogP contribution in [-0.2, 0) is 4.79 Å². The normalized spacial score (nSPS) is 15.1. The second kappa shape index (κ2) is 3.85. The van der Waals surface area contributed by atoms with Gasteiger partial charge in [0.1, 0.15) is 5.52 Å². The number of benzene rings is 1. The van der Waals surface area contributed by atoms with Crippen LogP contribution in [0.25, 0.3) is 11.1 Å². The Balaban J connectivity index is 1.91. The van der Waals surface area contributed by atoms with Crippen molar-refractivity contribution in [2.75, 3.05) is 11.9 Å². The van der Waals surface area contributed by atoms with Crippen LogP contribution in [0.3, 0.4) is 0 Å². The second-order valence-electron chi connectivity index (χ2n) is 4.26. The molecule has 1 amide bonds. The molecule has 0 saturated heterocycles. The maximum atomic E-state index is 11.2. The van der Waals surface area contributed by atoms with Crippen LogP contribution < -0.4 is 11.1 Å². The Bertz CT molecular complexity index is 572. The van der Waals surface area contributed by atoms with Crippen molar-refractivity contribution in [2.45, 2.75) is 18.8 Å². The summed E-state index contributed by atoms with van der Waals surface area (Å²) in [5.41, 5.74) is 7.48. The average molecular weight is 231 g/mol. The van der Waals surface area contributed by atoms with Gasteiger partial charge in [-0.15, -0.1) is 0 Å². The summed E-state index contributed by atoms with van der Waals surface area (Å²) in [4.78, 5) is 15.6. The van der Waals surface area contributed by atoms with E-state index in [0.29, 0.717) is 11.6 Å². The third-order valence-electron chi connectivity index (χ3n) is 2.80. The van der Waals surface area contributed by atoms with Gasteiger partial charge in [-0.1, -0.05) is 0 Å². The highest BCUT2D eigenvalue weighted by molar-refractivity contribution is 5.93. The number of nitrogens with one attached hydrogen (secondary N) is 1. The van der Waals surface area contributed by atoms with Crippen molar-refractivity contribution in [3.63, 3.8) is 0 Å². The van der Waals surface area contributed by atoms with Crippen LogP contribution in [0.4, 0.5) is 5.69 Å². The molecule has 1 aliphatic carbocycles. The fraction of sp³-hybridized carbons (Fsp3) is 0.333. The van der Waals surface area contributed by atoms with Crippen LogP contribution in [0, 0.1) is 0 Å². The lowest BCUT2D eigenvalue weighted by molar-refractivity contribution is -0.114. The highest BCUT2D eigenvalue weighted by Crippen LogP contribution is 2.40. The maximum absolute atomic E-state index is 11.2. The van der Waals surface area contributed by atoms with E-state index in [1.807, 2.05) is 6.07 Å². The number of amides is 1. The molecule has 5 nitrogen and oxygen atoms in total. The molecule has 17 heavy (non-hydrogen) atoms. The van der Waals surface area contributed by atoms with Gasteiger partial charge in [-0.05, 0) is 31.0 Å². The van der Waals surface area contributed by atoms with Crippen LogP contribution in [-0.4, -0.2) is 17.4 Å². The molecule has 3 N–H and O–H groups in total. The van der Waals surface area contributed by atoms with Crippen LogP contribution in [0.15, 0.2) is 22.6 Å². The molecule has 1 fully saturated rings. The molecule has 2 aromatic rings. The summed E-state index contributed by atoms with van der Waals surface area (Å²) in [5, 5.41) is 2.69. The van der Waals surface area contributed by atoms with Gasteiger partial charge in [-0.2, -0.15) is 0 Å². The van der Waals surface area contributed by atoms with Gasteiger partial charge in [0.25, 0.3) is 0 Å². The van der Waals surface area contributed by atoms with Gasteiger partial charge in [-0.25, -0.2) is 4.98 Å². The van der Waals surface area contributed by atoms with E-state index < -0.39 is 0 Å². The number of carbonyl (C=O) groups is 1. The molecule has 1 aliphatic rings. The number of anilines is 1. The molecular formula is C12H13N3O2. The van der Waals surface area contributed by atoms with Crippen LogP contribution in [0.1, 0.15) is 24.7 Å². The van der Waals surface area contributed by atoms with E-state index in [9.17, 15) is 4.79 Å². The molecule has 0 spiro atoms. The molecule has 0 radical (unpaired) electrons. The zero-order valence-electron chi connectivity index (χ0n) is 9.27. The minimum atomic E-state index is -0.213. The Morgan fingerprint density at radius 2 is 2.35 bits per heavy atom. The van der Waals surface area contributed by atoms with Gasteiger partial charge in [0.2, 0.25) is 5.91 Å². The Morgan fingerprint density at radius 1 is 1.53 bits per heavy atom. The number of nitrogens with zero attached hydrogens (tertiary/aromatic N) is 1. The molecule has 1 aromatic carbocycles. The zero-order chi connectivity index (χ0) is 11.8. The Labute approximate surface area is 98.0 Å². The molecule has 1 saturated carbocycles. The van der Waals surface area contributed by atoms with Crippen molar-refractivity contribution in [1.29, 1.82) is 0 Å². The molecule has 1 heterocycles. The highest BCUT2D eigenvalue weighted by atomic mass is 16.3. The number of aromatic nitrogens is 1. The Hall–Kier alpha value is -1.88. The molecule has 0 bridgehead atoms. The Morgan fingerprint density at radius 3 is 3.06 bits per heavy atom. The number of rotatable bonds is 3. The van der Waals surface area contributed by atoms with Gasteiger partial charge >= 0.3 is 0 Å². The van der Waals surface area contributed by atoms with Gasteiger partial charge in [0, 0.05) is 11.6 Å². The predicted molar refractivity (Wildman–Crippen MR) is 63.7 cm³/mol. The van der Waals surface area contributed by atoms with Crippen LogP contribution in [0.2, 0.25) is 0 Å². The minimum Gasteiger partial charge on any atom is -0.440 e. The number of fused-ring (bicyclic) bond motifs is 1. The smallest absolute Gasteiger partial charge is 0.238 e. The molecule has 3 rings (SSSR count). The van der Waals surface area contributed by atoms with E-state index in [1.165, 1.54) is 0 Å². The van der Waals surface area contributed by atoms with Crippen molar-refractivity contribution in [1.82, 2.24) is 4.98 Å². The quantitative estimate of drug-likeness (QED) is 0.840. The van der Waals surface area contributed by atoms with Gasteiger partial charge in [0.05, 0.1) is 6.54 Å². The zero-order valence-corrected chi connectivity index (χ0v) is 9.27. The number of hydrogen-bond donors (Lipinski definition) is 2. The number of hydrogen-bond acceptors (Lipinski definition) is 4. The molecule has 0 unspecified atom stereocenters. The van der Waals surface area contributed by atoms with Crippen molar-refractivity contribution in [2.24, 2.45) is 5.73 Å². The molecule has 88 valence electrons. The van der Waals surface area contributed by atoms with Crippen molar-refractivity contribution < 1.29 is 9.21 Å². The van der Waals surface area contributed by atoms with E-state index in [4.69, 9.17) is 10.2 Å². The lowest BCUT2D eigenvalue weighted by Gasteiger charge is -2.01. The molecule has 0 atom stereocenters. The van der Waals surface area contributed by atoms with Gasteiger partial charge < -0.3 is 15.5 Å². The van der Waals surface area contributed by atoms with Crippen LogP contribution >= 0.6 is 0 Å². The van der Waals surface area contributed by atoms with E-state index >= 15 is 0 Å². The summed E-state index contributed by atoms with van der Waals surface area (Å²) < 4.78 is 5.63. The minimum absolute atomic E-state index is 0.0236. The van der Waals surface area contributed by atoms with E-state index in [1.54, 1.807) is 12.1 Å². The lowest BCUT2D eigenvalue weighted by Crippen LogP contribution is -2.21. The maximum Gasteiger partial charge on any atom is 0.238 e. The predicted octanol–water partition coefficient (Wildman–Crippen LogP) is 1.60. The van der Waals surface area contributed by atoms with Crippen molar-refractivity contribution in [3.05, 3.63) is 24.1 Å². The standard InChI is InChI=1S/C12H13N3O2/c13-6-11(16)14-8-3-4-10-9(5-8)15-12(17-10)7-1-2-7/h3-5,7H,1-2,6,13H2,(H,14,16). The third-order valence-corrected chi connectivity index (χ3v) is 2.80. The highest BCUT2D eigenvalue weighted by Gasteiger charge is 2.28. The largest absolute Gasteiger partial charge is 0.440 e. The summed E-state index contributed by atoms with van der Waals surface area (Å²) >= 11 is 0. The molecule has 5 heteroatoms. The third kappa shape index (κ3) is 2.01.